The Balaban J connectivity index is 2.86. The summed E-state index contributed by atoms with van der Waals surface area (Å²) in [6, 6.07) is 6.11. The van der Waals surface area contributed by atoms with Gasteiger partial charge in [0.05, 0.1) is 0 Å². The molecule has 0 unspecified atom stereocenters. The van der Waals surface area contributed by atoms with Gasteiger partial charge >= 0.3 is 0 Å². The van der Waals surface area contributed by atoms with Gasteiger partial charge in [0, 0.05) is 17.3 Å². The minimum absolute atomic E-state index is 0.857. The number of rotatable bonds is 3. The van der Waals surface area contributed by atoms with Gasteiger partial charge in [0.25, 0.3) is 0 Å². The van der Waals surface area contributed by atoms with E-state index in [4.69, 9.17) is 11.6 Å². The van der Waals surface area contributed by atoms with Crippen LogP contribution in [0.4, 0.5) is 5.69 Å². The van der Waals surface area contributed by atoms with E-state index in [1.165, 1.54) is 5.56 Å². The van der Waals surface area contributed by atoms with Gasteiger partial charge in [-0.1, -0.05) is 24.6 Å². The van der Waals surface area contributed by atoms with Crippen molar-refractivity contribution in [2.75, 3.05) is 11.9 Å². The lowest BCUT2D eigenvalue weighted by Crippen LogP contribution is -1.96. The molecule has 0 spiro atoms. The van der Waals surface area contributed by atoms with Gasteiger partial charge in [-0.3, -0.25) is 0 Å². The summed E-state index contributed by atoms with van der Waals surface area (Å²) in [6.07, 6.45) is 0.991. The number of halogens is 1. The molecule has 0 heterocycles. The van der Waals surface area contributed by atoms with Crippen molar-refractivity contribution in [3.63, 3.8) is 0 Å². The lowest BCUT2D eigenvalue weighted by molar-refractivity contribution is 1.13. The summed E-state index contributed by atoms with van der Waals surface area (Å²) in [6.45, 7) is 5.11. The summed E-state index contributed by atoms with van der Waals surface area (Å²) in [5.41, 5.74) is 2.30. The van der Waals surface area contributed by atoms with Crippen LogP contribution in [0, 0.1) is 0 Å². The van der Waals surface area contributed by atoms with Gasteiger partial charge in [-0.15, -0.1) is 0 Å². The van der Waals surface area contributed by atoms with Crippen LogP contribution < -0.4 is 5.32 Å². The Bertz CT molecular complexity index is 258. The maximum Gasteiger partial charge on any atom is 0.0458 e. The van der Waals surface area contributed by atoms with E-state index in [0.717, 1.165) is 23.7 Å². The Morgan fingerprint density at radius 3 is 2.58 bits per heavy atom. The predicted molar refractivity (Wildman–Crippen MR) is 55.0 cm³/mol. The molecule has 0 fully saturated rings. The van der Waals surface area contributed by atoms with Gasteiger partial charge in [0.15, 0.2) is 0 Å². The summed E-state index contributed by atoms with van der Waals surface area (Å²) in [7, 11) is 0. The number of nitrogens with one attached hydrogen (secondary N) is 1. The molecule has 1 nitrogen and oxygen atoms in total. The molecule has 0 bridgehead atoms. The first-order chi connectivity index (χ1) is 5.77. The second-order valence-electron chi connectivity index (χ2n) is 2.69. The molecule has 0 atom stereocenters. The first kappa shape index (κ1) is 9.40. The second kappa shape index (κ2) is 4.36. The molecule has 12 heavy (non-hydrogen) atoms. The maximum absolute atomic E-state index is 6.03. The van der Waals surface area contributed by atoms with Gasteiger partial charge in [0.2, 0.25) is 0 Å². The highest BCUT2D eigenvalue weighted by atomic mass is 35.5. The van der Waals surface area contributed by atoms with Crippen LogP contribution in [0.15, 0.2) is 18.2 Å². The van der Waals surface area contributed by atoms with Crippen LogP contribution in [0.25, 0.3) is 0 Å². The SMILES string of the molecule is CCNc1ccc(CC)c(Cl)c1. The van der Waals surface area contributed by atoms with Crippen LogP contribution in [0.1, 0.15) is 19.4 Å². The molecule has 0 aromatic heterocycles. The van der Waals surface area contributed by atoms with Gasteiger partial charge < -0.3 is 5.32 Å². The summed E-state index contributed by atoms with van der Waals surface area (Å²) in [5, 5.41) is 4.07. The van der Waals surface area contributed by atoms with Gasteiger partial charge in [0.1, 0.15) is 0 Å². The fourth-order valence-corrected chi connectivity index (χ4v) is 1.46. The lowest BCUT2D eigenvalue weighted by atomic mass is 10.1. The molecule has 1 aromatic carbocycles. The molecular formula is C10H14ClN. The summed E-state index contributed by atoms with van der Waals surface area (Å²) < 4.78 is 0. The summed E-state index contributed by atoms with van der Waals surface area (Å²) in [5.74, 6) is 0. The van der Waals surface area contributed by atoms with Crippen molar-refractivity contribution < 1.29 is 0 Å². The number of anilines is 1. The van der Waals surface area contributed by atoms with E-state index in [-0.39, 0.29) is 0 Å². The van der Waals surface area contributed by atoms with Crippen LogP contribution in [-0.4, -0.2) is 6.54 Å². The molecule has 0 aliphatic rings. The molecule has 0 aliphatic heterocycles. The van der Waals surface area contributed by atoms with E-state index in [1.54, 1.807) is 0 Å². The summed E-state index contributed by atoms with van der Waals surface area (Å²) >= 11 is 6.03. The van der Waals surface area contributed by atoms with E-state index in [9.17, 15) is 0 Å². The minimum Gasteiger partial charge on any atom is -0.385 e. The van der Waals surface area contributed by atoms with Crippen molar-refractivity contribution in [1.29, 1.82) is 0 Å². The van der Waals surface area contributed by atoms with Crippen molar-refractivity contribution in [2.24, 2.45) is 0 Å². The van der Waals surface area contributed by atoms with E-state index in [2.05, 4.69) is 31.3 Å². The zero-order valence-electron chi connectivity index (χ0n) is 7.52. The molecule has 1 aromatic rings. The fourth-order valence-electron chi connectivity index (χ4n) is 1.15. The second-order valence-corrected chi connectivity index (χ2v) is 3.10. The number of hydrogen-bond acceptors (Lipinski definition) is 1. The Kier molecular flexibility index (Phi) is 3.42. The molecule has 0 saturated carbocycles. The highest BCUT2D eigenvalue weighted by Crippen LogP contribution is 2.20. The van der Waals surface area contributed by atoms with Crippen LogP contribution in [0.3, 0.4) is 0 Å². The van der Waals surface area contributed by atoms with Gasteiger partial charge in [-0.25, -0.2) is 0 Å². The van der Waals surface area contributed by atoms with E-state index >= 15 is 0 Å². The Morgan fingerprint density at radius 2 is 2.08 bits per heavy atom. The molecular weight excluding hydrogens is 170 g/mol. The largest absolute Gasteiger partial charge is 0.385 e. The normalized spacial score (nSPS) is 9.92. The van der Waals surface area contributed by atoms with Crippen molar-refractivity contribution >= 4 is 17.3 Å². The van der Waals surface area contributed by atoms with Crippen LogP contribution >= 0.6 is 11.6 Å². The standard InChI is InChI=1S/C10H14ClN/c1-3-8-5-6-9(12-4-2)7-10(8)11/h5-7,12H,3-4H2,1-2H3. The zero-order valence-corrected chi connectivity index (χ0v) is 8.28. The Morgan fingerprint density at radius 1 is 1.33 bits per heavy atom. The topological polar surface area (TPSA) is 12.0 Å². The lowest BCUT2D eigenvalue weighted by Gasteiger charge is -2.05. The van der Waals surface area contributed by atoms with Gasteiger partial charge in [-0.05, 0) is 31.0 Å². The highest BCUT2D eigenvalue weighted by Gasteiger charge is 1.98. The average molecular weight is 184 g/mol. The maximum atomic E-state index is 6.03. The van der Waals surface area contributed by atoms with Crippen molar-refractivity contribution in [1.82, 2.24) is 0 Å². The van der Waals surface area contributed by atoms with Crippen molar-refractivity contribution in [3.8, 4) is 0 Å². The zero-order chi connectivity index (χ0) is 8.97. The average Bonchev–Trinajstić information content (AvgIpc) is 2.05. The first-order valence-corrected chi connectivity index (χ1v) is 4.68. The van der Waals surface area contributed by atoms with E-state index in [1.807, 2.05) is 6.07 Å². The van der Waals surface area contributed by atoms with E-state index < -0.39 is 0 Å². The minimum atomic E-state index is 0.857. The number of aryl methyl sites for hydroxylation is 1. The van der Waals surface area contributed by atoms with Crippen molar-refractivity contribution in [2.45, 2.75) is 20.3 Å². The molecule has 0 amide bonds. The predicted octanol–water partition coefficient (Wildman–Crippen LogP) is 3.33. The van der Waals surface area contributed by atoms with E-state index in [0.29, 0.717) is 0 Å². The molecule has 1 rings (SSSR count). The molecule has 0 aliphatic carbocycles. The monoisotopic (exact) mass is 183 g/mol. The Hall–Kier alpha value is -0.690. The van der Waals surface area contributed by atoms with Gasteiger partial charge in [-0.2, -0.15) is 0 Å². The third-order valence-corrected chi connectivity index (χ3v) is 2.17. The quantitative estimate of drug-likeness (QED) is 0.758. The first-order valence-electron chi connectivity index (χ1n) is 4.30. The molecule has 1 N–H and O–H groups in total. The molecule has 0 saturated heterocycles. The molecule has 2 heteroatoms. The van der Waals surface area contributed by atoms with Crippen molar-refractivity contribution in [3.05, 3.63) is 28.8 Å². The van der Waals surface area contributed by atoms with Crippen LogP contribution in [0.2, 0.25) is 5.02 Å². The summed E-state index contributed by atoms with van der Waals surface area (Å²) in [4.78, 5) is 0. The Labute approximate surface area is 78.7 Å². The fraction of sp³-hybridized carbons (Fsp3) is 0.400. The molecule has 0 radical (unpaired) electrons. The molecule has 66 valence electrons. The van der Waals surface area contributed by atoms with Crippen LogP contribution in [0.5, 0.6) is 0 Å². The smallest absolute Gasteiger partial charge is 0.0458 e. The van der Waals surface area contributed by atoms with Crippen LogP contribution in [-0.2, 0) is 6.42 Å². The number of hydrogen-bond donors (Lipinski definition) is 1. The number of benzene rings is 1. The third-order valence-electron chi connectivity index (χ3n) is 1.81. The third kappa shape index (κ3) is 2.15. The highest BCUT2D eigenvalue weighted by molar-refractivity contribution is 6.31.